The molecule has 2 rings (SSSR count). The zero-order chi connectivity index (χ0) is 10.1. The van der Waals surface area contributed by atoms with Gasteiger partial charge in [0, 0.05) is 0 Å². The SMILES string of the molecule is Fc1cccc(-c2n[nH]c(=S)o2)c1F. The average molecular weight is 214 g/mol. The zero-order valence-corrected chi connectivity index (χ0v) is 7.57. The third-order valence-corrected chi connectivity index (χ3v) is 1.79. The van der Waals surface area contributed by atoms with E-state index in [4.69, 9.17) is 4.42 Å². The first-order chi connectivity index (χ1) is 6.68. The molecule has 1 heterocycles. The van der Waals surface area contributed by atoms with Crippen molar-refractivity contribution < 1.29 is 13.2 Å². The maximum atomic E-state index is 13.2. The third kappa shape index (κ3) is 1.44. The summed E-state index contributed by atoms with van der Waals surface area (Å²) in [5, 5.41) is 5.91. The Morgan fingerprint density at radius 2 is 2.14 bits per heavy atom. The quantitative estimate of drug-likeness (QED) is 0.742. The summed E-state index contributed by atoms with van der Waals surface area (Å²) in [6, 6.07) is 3.73. The molecular weight excluding hydrogens is 210 g/mol. The Bertz CT molecular complexity index is 520. The van der Waals surface area contributed by atoms with Crippen LogP contribution in [0.25, 0.3) is 11.5 Å². The molecule has 14 heavy (non-hydrogen) atoms. The van der Waals surface area contributed by atoms with Gasteiger partial charge in [-0.25, -0.2) is 13.9 Å². The van der Waals surface area contributed by atoms with Gasteiger partial charge in [0.05, 0.1) is 5.56 Å². The molecule has 0 fully saturated rings. The second kappa shape index (κ2) is 3.30. The summed E-state index contributed by atoms with van der Waals surface area (Å²) < 4.78 is 30.8. The predicted molar refractivity (Wildman–Crippen MR) is 47.0 cm³/mol. The summed E-state index contributed by atoms with van der Waals surface area (Å²) in [5.74, 6) is -2.02. The molecule has 6 heteroatoms. The van der Waals surface area contributed by atoms with E-state index in [1.54, 1.807) is 0 Å². The highest BCUT2D eigenvalue weighted by Crippen LogP contribution is 2.21. The summed E-state index contributed by atoms with van der Waals surface area (Å²) in [7, 11) is 0. The average Bonchev–Trinajstić information content (AvgIpc) is 2.57. The van der Waals surface area contributed by atoms with Crippen molar-refractivity contribution in [3.05, 3.63) is 34.7 Å². The molecule has 0 aliphatic carbocycles. The van der Waals surface area contributed by atoms with Gasteiger partial charge in [-0.2, -0.15) is 0 Å². The van der Waals surface area contributed by atoms with Gasteiger partial charge >= 0.3 is 0 Å². The third-order valence-electron chi connectivity index (χ3n) is 1.62. The normalized spacial score (nSPS) is 10.4. The standard InChI is InChI=1S/C8H4F2N2OS/c9-5-3-1-2-4(6(5)10)7-11-12-8(14)13-7/h1-3H,(H,12,14). The monoisotopic (exact) mass is 214 g/mol. The van der Waals surface area contributed by atoms with Crippen molar-refractivity contribution in [2.24, 2.45) is 0 Å². The first-order valence-corrected chi connectivity index (χ1v) is 4.09. The van der Waals surface area contributed by atoms with Crippen molar-refractivity contribution in [3.63, 3.8) is 0 Å². The number of benzene rings is 1. The Morgan fingerprint density at radius 3 is 2.79 bits per heavy atom. The summed E-state index contributed by atoms with van der Waals surface area (Å²) in [6.07, 6.45) is 0. The van der Waals surface area contributed by atoms with Crippen LogP contribution >= 0.6 is 12.2 Å². The van der Waals surface area contributed by atoms with Gasteiger partial charge in [-0.1, -0.05) is 6.07 Å². The molecule has 0 amide bonds. The van der Waals surface area contributed by atoms with E-state index in [1.165, 1.54) is 12.1 Å². The van der Waals surface area contributed by atoms with Crippen molar-refractivity contribution in [2.75, 3.05) is 0 Å². The fraction of sp³-hybridized carbons (Fsp3) is 0. The van der Waals surface area contributed by atoms with Crippen LogP contribution < -0.4 is 0 Å². The molecule has 0 atom stereocenters. The fourth-order valence-electron chi connectivity index (χ4n) is 1.01. The van der Waals surface area contributed by atoms with Crippen molar-refractivity contribution in [1.82, 2.24) is 10.2 Å². The fourth-order valence-corrected chi connectivity index (χ4v) is 1.14. The lowest BCUT2D eigenvalue weighted by Crippen LogP contribution is -1.88. The molecule has 1 aromatic heterocycles. The molecule has 1 N–H and O–H groups in total. The highest BCUT2D eigenvalue weighted by atomic mass is 32.1. The molecular formula is C8H4F2N2OS. The van der Waals surface area contributed by atoms with Crippen LogP contribution in [0.1, 0.15) is 0 Å². The Balaban J connectivity index is 2.62. The van der Waals surface area contributed by atoms with Crippen LogP contribution in [-0.4, -0.2) is 10.2 Å². The maximum Gasteiger partial charge on any atom is 0.284 e. The van der Waals surface area contributed by atoms with Crippen molar-refractivity contribution >= 4 is 12.2 Å². The van der Waals surface area contributed by atoms with Crippen LogP contribution in [0.3, 0.4) is 0 Å². The highest BCUT2D eigenvalue weighted by Gasteiger charge is 2.13. The van der Waals surface area contributed by atoms with Gasteiger partial charge in [0.15, 0.2) is 11.6 Å². The highest BCUT2D eigenvalue weighted by molar-refractivity contribution is 7.71. The largest absolute Gasteiger partial charge is 0.409 e. The number of aromatic nitrogens is 2. The molecule has 0 aliphatic rings. The van der Waals surface area contributed by atoms with Gasteiger partial charge in [0.1, 0.15) is 0 Å². The molecule has 3 nitrogen and oxygen atoms in total. The van der Waals surface area contributed by atoms with Gasteiger partial charge in [0.2, 0.25) is 5.89 Å². The van der Waals surface area contributed by atoms with E-state index in [1.807, 2.05) is 0 Å². The number of aromatic amines is 1. The van der Waals surface area contributed by atoms with E-state index >= 15 is 0 Å². The van der Waals surface area contributed by atoms with Crippen LogP contribution in [0.4, 0.5) is 8.78 Å². The summed E-state index contributed by atoms with van der Waals surface area (Å²) in [5.41, 5.74) is -0.0580. The van der Waals surface area contributed by atoms with E-state index in [0.717, 1.165) is 6.07 Å². The van der Waals surface area contributed by atoms with Crippen LogP contribution in [-0.2, 0) is 0 Å². The molecule has 0 aliphatic heterocycles. The summed E-state index contributed by atoms with van der Waals surface area (Å²) in [6.45, 7) is 0. The Kier molecular flexibility index (Phi) is 2.12. The minimum Gasteiger partial charge on any atom is -0.409 e. The lowest BCUT2D eigenvalue weighted by atomic mass is 10.2. The lowest BCUT2D eigenvalue weighted by Gasteiger charge is -1.96. The first-order valence-electron chi connectivity index (χ1n) is 3.68. The number of nitrogens with zero attached hydrogens (tertiary/aromatic N) is 1. The number of rotatable bonds is 1. The Labute approximate surface area is 82.4 Å². The van der Waals surface area contributed by atoms with Crippen LogP contribution in [0, 0.1) is 16.5 Å². The maximum absolute atomic E-state index is 13.2. The Hall–Kier alpha value is -1.56. The van der Waals surface area contributed by atoms with Crippen LogP contribution in [0.2, 0.25) is 0 Å². The summed E-state index contributed by atoms with van der Waals surface area (Å²) in [4.78, 5) is 0.0173. The predicted octanol–water partition coefficient (Wildman–Crippen LogP) is 2.68. The Morgan fingerprint density at radius 1 is 1.36 bits per heavy atom. The molecule has 2 aromatic rings. The molecule has 0 unspecified atom stereocenters. The lowest BCUT2D eigenvalue weighted by molar-refractivity contribution is 0.500. The van der Waals surface area contributed by atoms with Crippen molar-refractivity contribution in [3.8, 4) is 11.5 Å². The first kappa shape index (κ1) is 9.01. The second-order valence-electron chi connectivity index (χ2n) is 2.52. The van der Waals surface area contributed by atoms with Gasteiger partial charge in [-0.3, -0.25) is 0 Å². The minimum atomic E-state index is -1.00. The minimum absolute atomic E-state index is 0.0173. The molecule has 72 valence electrons. The molecule has 0 saturated carbocycles. The van der Waals surface area contributed by atoms with E-state index in [-0.39, 0.29) is 16.3 Å². The van der Waals surface area contributed by atoms with Gasteiger partial charge in [-0.15, -0.1) is 5.10 Å². The number of hydrogen-bond donors (Lipinski definition) is 1. The molecule has 0 radical (unpaired) electrons. The van der Waals surface area contributed by atoms with E-state index in [9.17, 15) is 8.78 Å². The number of H-pyrrole nitrogens is 1. The molecule has 0 bridgehead atoms. The molecule has 0 spiro atoms. The van der Waals surface area contributed by atoms with Crippen LogP contribution in [0.15, 0.2) is 22.6 Å². The summed E-state index contributed by atoms with van der Waals surface area (Å²) >= 11 is 4.61. The van der Waals surface area contributed by atoms with Gasteiger partial charge in [0.25, 0.3) is 4.84 Å². The van der Waals surface area contributed by atoms with Crippen molar-refractivity contribution in [2.45, 2.75) is 0 Å². The zero-order valence-electron chi connectivity index (χ0n) is 6.75. The number of nitrogens with one attached hydrogen (secondary N) is 1. The van der Waals surface area contributed by atoms with Gasteiger partial charge < -0.3 is 4.42 Å². The van der Waals surface area contributed by atoms with Crippen LogP contribution in [0.5, 0.6) is 0 Å². The number of hydrogen-bond acceptors (Lipinski definition) is 3. The van der Waals surface area contributed by atoms with Gasteiger partial charge in [-0.05, 0) is 24.4 Å². The second-order valence-corrected chi connectivity index (χ2v) is 2.89. The van der Waals surface area contributed by atoms with E-state index < -0.39 is 11.6 Å². The van der Waals surface area contributed by atoms with E-state index in [2.05, 4.69) is 22.4 Å². The molecule has 1 aromatic carbocycles. The molecule has 0 saturated heterocycles. The number of halogens is 2. The van der Waals surface area contributed by atoms with E-state index in [0.29, 0.717) is 0 Å². The smallest absolute Gasteiger partial charge is 0.284 e. The topological polar surface area (TPSA) is 41.8 Å². The van der Waals surface area contributed by atoms with Crippen molar-refractivity contribution in [1.29, 1.82) is 0 Å².